The first-order valence-corrected chi connectivity index (χ1v) is 38.5. The van der Waals surface area contributed by atoms with E-state index in [9.17, 15) is 43.2 Å². The molecule has 5 atom stereocenters. The highest BCUT2D eigenvalue weighted by Gasteiger charge is 2.30. The van der Waals surface area contributed by atoms with Crippen LogP contribution in [0.2, 0.25) is 0 Å². The topological polar surface area (TPSA) is 237 Å². The standard InChI is InChI=1S/C68H132O17P2/c1-7-9-11-13-15-17-19-21-22-24-26-33-40-46-52-67(72)84-63(56-78-65(70)50-44-38-32-25-23-20-18-16-14-12-10-8-2)58-82-86(74,75)80-54-62(69)55-81-87(76,77)83-59-64(57-79-66(71)51-45-39-35-29-31-37-43-49-61(5)6)85-68(73)53-47-41-34-28-27-30-36-42-48-60(3)4/h60-64,69H,7-59H2,1-6H3,(H,74,75)(H,76,77)/t62-,63-,64-/m1/s1. The number of aliphatic hydroxyl groups is 1. The van der Waals surface area contributed by atoms with E-state index >= 15 is 0 Å². The van der Waals surface area contributed by atoms with Crippen LogP contribution in [-0.2, 0) is 65.4 Å². The first kappa shape index (κ1) is 85.1. The Morgan fingerprint density at radius 2 is 0.529 bits per heavy atom. The van der Waals surface area contributed by atoms with Crippen molar-refractivity contribution in [3.8, 4) is 0 Å². The van der Waals surface area contributed by atoms with Gasteiger partial charge in [-0.25, -0.2) is 9.13 Å². The maximum atomic E-state index is 13.0. The van der Waals surface area contributed by atoms with E-state index in [4.69, 9.17) is 37.0 Å². The van der Waals surface area contributed by atoms with Gasteiger partial charge >= 0.3 is 39.5 Å². The molecule has 87 heavy (non-hydrogen) atoms. The highest BCUT2D eigenvalue weighted by atomic mass is 31.2. The normalized spacial score (nSPS) is 14.2. The summed E-state index contributed by atoms with van der Waals surface area (Å²) in [5.41, 5.74) is 0. The molecule has 0 saturated heterocycles. The van der Waals surface area contributed by atoms with E-state index in [1.807, 2.05) is 0 Å². The number of esters is 4. The van der Waals surface area contributed by atoms with Crippen LogP contribution in [-0.4, -0.2) is 96.7 Å². The van der Waals surface area contributed by atoms with Crippen molar-refractivity contribution >= 4 is 39.5 Å². The van der Waals surface area contributed by atoms with Gasteiger partial charge in [0.15, 0.2) is 12.2 Å². The zero-order valence-corrected chi connectivity index (χ0v) is 58.1. The zero-order valence-electron chi connectivity index (χ0n) is 56.3. The van der Waals surface area contributed by atoms with Gasteiger partial charge in [-0.1, -0.05) is 292 Å². The van der Waals surface area contributed by atoms with Gasteiger partial charge in [0.2, 0.25) is 0 Å². The van der Waals surface area contributed by atoms with Crippen LogP contribution < -0.4 is 0 Å². The number of aliphatic hydroxyl groups excluding tert-OH is 1. The lowest BCUT2D eigenvalue weighted by Gasteiger charge is -2.21. The van der Waals surface area contributed by atoms with Gasteiger partial charge in [0.05, 0.1) is 26.4 Å². The minimum atomic E-state index is -4.95. The quantitative estimate of drug-likeness (QED) is 0.0222. The fourth-order valence-corrected chi connectivity index (χ4v) is 11.8. The van der Waals surface area contributed by atoms with Crippen LogP contribution in [0.5, 0.6) is 0 Å². The maximum Gasteiger partial charge on any atom is 0.472 e. The maximum absolute atomic E-state index is 13.0. The molecule has 0 fully saturated rings. The molecule has 0 spiro atoms. The number of rotatable bonds is 67. The van der Waals surface area contributed by atoms with Gasteiger partial charge < -0.3 is 33.8 Å². The molecule has 3 N–H and O–H groups in total. The Labute approximate surface area is 530 Å². The zero-order chi connectivity index (χ0) is 64.3. The number of unbranched alkanes of at least 4 members (excludes halogenated alkanes) is 37. The van der Waals surface area contributed by atoms with Crippen molar-refractivity contribution in [1.82, 2.24) is 0 Å². The summed E-state index contributed by atoms with van der Waals surface area (Å²) in [4.78, 5) is 72.4. The molecule has 0 radical (unpaired) electrons. The van der Waals surface area contributed by atoms with Gasteiger partial charge in [0.25, 0.3) is 0 Å². The molecule has 0 heterocycles. The SMILES string of the molecule is CCCCCCCCCCCCCCCCC(=O)O[C@H](COC(=O)CCCCCCCCCCCCCC)COP(=O)(O)OC[C@@H](O)COP(=O)(O)OC[C@@H](COC(=O)CCCCCCCCCC(C)C)OC(=O)CCCCCCCCCCC(C)C. The average molecular weight is 1280 g/mol. The van der Waals surface area contributed by atoms with Gasteiger partial charge in [-0.05, 0) is 37.5 Å². The van der Waals surface area contributed by atoms with E-state index in [0.29, 0.717) is 31.6 Å². The predicted molar refractivity (Wildman–Crippen MR) is 349 cm³/mol. The summed E-state index contributed by atoms with van der Waals surface area (Å²) < 4.78 is 68.2. The van der Waals surface area contributed by atoms with Gasteiger partial charge in [-0.15, -0.1) is 0 Å². The number of carbonyl (C=O) groups is 4. The van der Waals surface area contributed by atoms with Crippen LogP contribution >= 0.6 is 15.6 Å². The fourth-order valence-electron chi connectivity index (χ4n) is 10.2. The second-order valence-corrected chi connectivity index (χ2v) is 28.4. The third-order valence-corrected chi connectivity index (χ3v) is 17.6. The Bertz CT molecular complexity index is 1700. The molecule has 0 aliphatic heterocycles. The van der Waals surface area contributed by atoms with Crippen LogP contribution in [0.15, 0.2) is 0 Å². The first-order chi connectivity index (χ1) is 41.9. The Morgan fingerprint density at radius 3 is 0.782 bits per heavy atom. The minimum Gasteiger partial charge on any atom is -0.462 e. The lowest BCUT2D eigenvalue weighted by molar-refractivity contribution is -0.161. The first-order valence-electron chi connectivity index (χ1n) is 35.5. The molecule has 2 unspecified atom stereocenters. The van der Waals surface area contributed by atoms with Crippen LogP contribution in [0.1, 0.15) is 343 Å². The van der Waals surface area contributed by atoms with Crippen LogP contribution in [0.3, 0.4) is 0 Å². The van der Waals surface area contributed by atoms with E-state index in [0.717, 1.165) is 102 Å². The summed E-state index contributed by atoms with van der Waals surface area (Å²) in [7, 11) is -9.89. The Hall–Kier alpha value is -1.94. The van der Waals surface area contributed by atoms with Crippen molar-refractivity contribution < 1.29 is 80.2 Å². The highest BCUT2D eigenvalue weighted by molar-refractivity contribution is 7.47. The number of hydrogen-bond acceptors (Lipinski definition) is 15. The molecule has 19 heteroatoms. The molecule has 0 aliphatic carbocycles. The van der Waals surface area contributed by atoms with Crippen molar-refractivity contribution in [1.29, 1.82) is 0 Å². The van der Waals surface area contributed by atoms with Crippen LogP contribution in [0.4, 0.5) is 0 Å². The lowest BCUT2D eigenvalue weighted by atomic mass is 10.0. The molecule has 0 rings (SSSR count). The number of carbonyl (C=O) groups excluding carboxylic acids is 4. The summed E-state index contributed by atoms with van der Waals surface area (Å²) in [5.74, 6) is -0.704. The molecular formula is C68H132O17P2. The number of ether oxygens (including phenoxy) is 4. The van der Waals surface area contributed by atoms with Crippen LogP contribution in [0, 0.1) is 11.8 Å². The molecule has 0 aliphatic rings. The number of phosphoric ester groups is 2. The summed E-state index contributed by atoms with van der Waals surface area (Å²) in [6, 6.07) is 0. The van der Waals surface area contributed by atoms with Crippen molar-refractivity contribution in [3.63, 3.8) is 0 Å². The van der Waals surface area contributed by atoms with E-state index in [1.165, 1.54) is 154 Å². The minimum absolute atomic E-state index is 0.104. The highest BCUT2D eigenvalue weighted by Crippen LogP contribution is 2.45. The van der Waals surface area contributed by atoms with E-state index in [2.05, 4.69) is 41.5 Å². The summed E-state index contributed by atoms with van der Waals surface area (Å²) in [5, 5.41) is 10.6. The molecular weight excluding hydrogens is 1150 g/mol. The molecule has 0 bridgehead atoms. The molecule has 516 valence electrons. The van der Waals surface area contributed by atoms with Gasteiger partial charge in [-0.2, -0.15) is 0 Å². The second kappa shape index (κ2) is 60.3. The van der Waals surface area contributed by atoms with E-state index < -0.39 is 97.5 Å². The average Bonchev–Trinajstić information content (AvgIpc) is 3.49. The number of hydrogen-bond donors (Lipinski definition) is 3. The van der Waals surface area contributed by atoms with E-state index in [-0.39, 0.29) is 25.7 Å². The fraction of sp³-hybridized carbons (Fsp3) is 0.941. The Balaban J connectivity index is 5.25. The molecule has 0 aromatic carbocycles. The van der Waals surface area contributed by atoms with Crippen molar-refractivity contribution in [2.24, 2.45) is 11.8 Å². The van der Waals surface area contributed by atoms with Gasteiger partial charge in [0, 0.05) is 25.7 Å². The Kier molecular flexibility index (Phi) is 59.0. The second-order valence-electron chi connectivity index (χ2n) is 25.5. The summed E-state index contributed by atoms with van der Waals surface area (Å²) in [6.45, 7) is 9.44. The van der Waals surface area contributed by atoms with Crippen molar-refractivity contribution in [2.45, 2.75) is 362 Å². The summed E-state index contributed by atoms with van der Waals surface area (Å²) in [6.07, 6.45) is 44.4. The largest absolute Gasteiger partial charge is 0.472 e. The molecule has 0 aromatic heterocycles. The van der Waals surface area contributed by atoms with E-state index in [1.54, 1.807) is 0 Å². The lowest BCUT2D eigenvalue weighted by Crippen LogP contribution is -2.30. The molecule has 0 aromatic rings. The monoisotopic (exact) mass is 1280 g/mol. The summed E-state index contributed by atoms with van der Waals surface area (Å²) >= 11 is 0. The molecule has 0 amide bonds. The molecule has 0 saturated carbocycles. The van der Waals surface area contributed by atoms with Crippen molar-refractivity contribution in [3.05, 3.63) is 0 Å². The van der Waals surface area contributed by atoms with Crippen LogP contribution in [0.25, 0.3) is 0 Å². The molecule has 17 nitrogen and oxygen atoms in total. The smallest absolute Gasteiger partial charge is 0.462 e. The van der Waals surface area contributed by atoms with Gasteiger partial charge in [0.1, 0.15) is 19.3 Å². The number of phosphoric acid groups is 2. The third kappa shape index (κ3) is 62.6. The van der Waals surface area contributed by atoms with Crippen molar-refractivity contribution in [2.75, 3.05) is 39.6 Å². The third-order valence-electron chi connectivity index (χ3n) is 15.7. The van der Waals surface area contributed by atoms with Gasteiger partial charge in [-0.3, -0.25) is 37.3 Å². The Morgan fingerprint density at radius 1 is 0.310 bits per heavy atom. The predicted octanol–water partition coefficient (Wildman–Crippen LogP) is 19.2.